The van der Waals surface area contributed by atoms with Crippen LogP contribution in [-0.2, 0) is 19.6 Å². The highest BCUT2D eigenvalue weighted by Crippen LogP contribution is 2.29. The average molecular weight is 336 g/mol. The molecule has 1 amide bonds. The smallest absolute Gasteiger partial charge is 0.248 e. The molecule has 0 radical (unpaired) electrons. The van der Waals surface area contributed by atoms with Gasteiger partial charge in [-0.3, -0.25) is 4.79 Å². The molecule has 0 aromatic carbocycles. The van der Waals surface area contributed by atoms with Crippen LogP contribution < -0.4 is 5.32 Å². The van der Waals surface area contributed by atoms with Crippen molar-refractivity contribution in [2.24, 2.45) is 5.92 Å². The summed E-state index contributed by atoms with van der Waals surface area (Å²) >= 11 is 1.77. The molecule has 0 aromatic heterocycles. The maximum Gasteiger partial charge on any atom is 0.248 e. The molecule has 1 aliphatic carbocycles. The maximum absolute atomic E-state index is 12.1. The summed E-state index contributed by atoms with van der Waals surface area (Å²) in [4.78, 5) is 11.8. The molecular weight excluding hydrogens is 312 g/mol. The van der Waals surface area contributed by atoms with Crippen LogP contribution in [0.1, 0.15) is 19.8 Å². The van der Waals surface area contributed by atoms with Gasteiger partial charge in [0.15, 0.2) is 0 Å². The fourth-order valence-corrected chi connectivity index (χ4v) is 4.53. The molecule has 0 aromatic rings. The third-order valence-electron chi connectivity index (χ3n) is 3.67. The van der Waals surface area contributed by atoms with E-state index in [0.717, 1.165) is 11.5 Å². The molecule has 1 aliphatic heterocycles. The second-order valence-electron chi connectivity index (χ2n) is 5.54. The number of ether oxygens (including phenoxy) is 1. The van der Waals surface area contributed by atoms with Crippen LogP contribution in [0, 0.1) is 5.92 Å². The fourth-order valence-electron chi connectivity index (χ4n) is 2.04. The van der Waals surface area contributed by atoms with E-state index in [-0.39, 0.29) is 18.2 Å². The van der Waals surface area contributed by atoms with Gasteiger partial charge in [-0.25, -0.2) is 12.7 Å². The Hall–Kier alpha value is -0.310. The van der Waals surface area contributed by atoms with E-state index in [2.05, 4.69) is 5.32 Å². The molecule has 0 unspecified atom stereocenters. The Morgan fingerprint density at radius 3 is 2.67 bits per heavy atom. The van der Waals surface area contributed by atoms with Crippen LogP contribution in [0.2, 0.25) is 0 Å². The normalized spacial score (nSPS) is 22.0. The van der Waals surface area contributed by atoms with Crippen LogP contribution in [0.3, 0.4) is 0 Å². The Bertz CT molecular complexity index is 445. The van der Waals surface area contributed by atoms with Gasteiger partial charge in [0.1, 0.15) is 6.10 Å². The molecule has 1 atom stereocenters. The van der Waals surface area contributed by atoms with Gasteiger partial charge in [-0.05, 0) is 25.7 Å². The van der Waals surface area contributed by atoms with Crippen molar-refractivity contribution in [2.45, 2.75) is 25.9 Å². The molecule has 1 saturated carbocycles. The van der Waals surface area contributed by atoms with Crippen LogP contribution in [0.5, 0.6) is 0 Å². The van der Waals surface area contributed by atoms with Gasteiger partial charge in [0.2, 0.25) is 15.9 Å². The van der Waals surface area contributed by atoms with E-state index >= 15 is 0 Å². The predicted octanol–water partition coefficient (Wildman–Crippen LogP) is 0.296. The minimum absolute atomic E-state index is 0.0429. The van der Waals surface area contributed by atoms with Gasteiger partial charge in [-0.2, -0.15) is 11.8 Å². The monoisotopic (exact) mass is 336 g/mol. The van der Waals surface area contributed by atoms with Crippen molar-refractivity contribution in [1.82, 2.24) is 9.62 Å². The van der Waals surface area contributed by atoms with Crippen LogP contribution in [0.4, 0.5) is 0 Å². The third-order valence-corrected chi connectivity index (χ3v) is 6.49. The lowest BCUT2D eigenvalue weighted by Crippen LogP contribution is -2.43. The number of carbonyl (C=O) groups excluding carboxylic acids is 1. The molecule has 1 saturated heterocycles. The maximum atomic E-state index is 12.1. The molecule has 122 valence electrons. The zero-order chi connectivity index (χ0) is 15.3. The number of nitrogens with one attached hydrogen (secondary N) is 1. The highest BCUT2D eigenvalue weighted by molar-refractivity contribution is 7.99. The summed E-state index contributed by atoms with van der Waals surface area (Å²) in [6.07, 6.45) is 1.85. The molecule has 2 rings (SSSR count). The fraction of sp³-hybridized carbons (Fsp3) is 0.923. The number of hydrogen-bond donors (Lipinski definition) is 1. The van der Waals surface area contributed by atoms with Crippen LogP contribution in [0.15, 0.2) is 0 Å². The van der Waals surface area contributed by atoms with Crippen molar-refractivity contribution in [3.63, 3.8) is 0 Å². The summed E-state index contributed by atoms with van der Waals surface area (Å²) in [5, 5.41) is 2.65. The number of rotatable bonds is 8. The molecule has 1 N–H and O–H groups in total. The summed E-state index contributed by atoms with van der Waals surface area (Å²) in [5.41, 5.74) is 0. The molecule has 8 heteroatoms. The second-order valence-corrected chi connectivity index (χ2v) is 8.85. The second kappa shape index (κ2) is 7.80. The highest BCUT2D eigenvalue weighted by Gasteiger charge is 2.25. The van der Waals surface area contributed by atoms with Crippen LogP contribution in [0.25, 0.3) is 0 Å². The van der Waals surface area contributed by atoms with Crippen molar-refractivity contribution in [3.8, 4) is 0 Å². The first-order valence-electron chi connectivity index (χ1n) is 7.44. The largest absolute Gasteiger partial charge is 0.368 e. The Labute approximate surface area is 131 Å². The lowest BCUT2D eigenvalue weighted by molar-refractivity contribution is -0.131. The Kier molecular flexibility index (Phi) is 6.34. The standard InChI is InChI=1S/C13H24N2O4S2/c1-11(19-10-12-2-3-12)13(16)14-4-9-21(17,18)15-5-7-20-8-6-15/h11-12H,2-10H2,1H3,(H,14,16)/t11-/m1/s1. The first kappa shape index (κ1) is 17.1. The van der Waals surface area contributed by atoms with Crippen molar-refractivity contribution in [1.29, 1.82) is 0 Å². The van der Waals surface area contributed by atoms with Gasteiger partial charge >= 0.3 is 0 Å². The number of hydrogen-bond acceptors (Lipinski definition) is 5. The van der Waals surface area contributed by atoms with Crippen LogP contribution in [-0.4, -0.2) is 68.2 Å². The summed E-state index contributed by atoms with van der Waals surface area (Å²) in [5.74, 6) is 2.02. The topological polar surface area (TPSA) is 75.7 Å². The lowest BCUT2D eigenvalue weighted by atomic mass is 10.3. The Balaban J connectivity index is 1.65. The van der Waals surface area contributed by atoms with E-state index in [0.29, 0.717) is 25.6 Å². The molecule has 2 aliphatic rings. The molecule has 2 fully saturated rings. The molecule has 6 nitrogen and oxygen atoms in total. The third kappa shape index (κ3) is 5.77. The number of thioether (sulfide) groups is 1. The van der Waals surface area contributed by atoms with Gasteiger partial charge < -0.3 is 10.1 Å². The van der Waals surface area contributed by atoms with E-state index in [1.54, 1.807) is 18.7 Å². The predicted molar refractivity (Wildman–Crippen MR) is 83.8 cm³/mol. The summed E-state index contributed by atoms with van der Waals surface area (Å²) in [7, 11) is -3.26. The number of nitrogens with zero attached hydrogens (tertiary/aromatic N) is 1. The Morgan fingerprint density at radius 2 is 2.05 bits per heavy atom. The molecular formula is C13H24N2O4S2. The minimum atomic E-state index is -3.26. The van der Waals surface area contributed by atoms with Crippen molar-refractivity contribution in [2.75, 3.05) is 43.5 Å². The first-order valence-corrected chi connectivity index (χ1v) is 10.2. The van der Waals surface area contributed by atoms with Gasteiger partial charge in [0.25, 0.3) is 0 Å². The Morgan fingerprint density at radius 1 is 1.38 bits per heavy atom. The van der Waals surface area contributed by atoms with E-state index < -0.39 is 16.1 Å². The quantitative estimate of drug-likeness (QED) is 0.690. The minimum Gasteiger partial charge on any atom is -0.368 e. The van der Waals surface area contributed by atoms with E-state index in [1.807, 2.05) is 0 Å². The molecule has 21 heavy (non-hydrogen) atoms. The first-order chi connectivity index (χ1) is 9.99. The number of carbonyl (C=O) groups is 1. The van der Waals surface area contributed by atoms with Gasteiger partial charge in [-0.1, -0.05) is 0 Å². The number of sulfonamides is 1. The van der Waals surface area contributed by atoms with Gasteiger partial charge in [0, 0.05) is 31.1 Å². The van der Waals surface area contributed by atoms with E-state index in [9.17, 15) is 13.2 Å². The van der Waals surface area contributed by atoms with Crippen molar-refractivity contribution >= 4 is 27.7 Å². The van der Waals surface area contributed by atoms with Crippen molar-refractivity contribution < 1.29 is 17.9 Å². The SMILES string of the molecule is C[C@@H](OCC1CC1)C(=O)NCCS(=O)(=O)N1CCSCC1. The zero-order valence-electron chi connectivity index (χ0n) is 12.4. The number of amides is 1. The van der Waals surface area contributed by atoms with Crippen molar-refractivity contribution in [3.05, 3.63) is 0 Å². The van der Waals surface area contributed by atoms with Gasteiger partial charge in [0.05, 0.1) is 12.4 Å². The highest BCUT2D eigenvalue weighted by atomic mass is 32.2. The lowest BCUT2D eigenvalue weighted by Gasteiger charge is -2.25. The summed E-state index contributed by atoms with van der Waals surface area (Å²) < 4.78 is 31.2. The van der Waals surface area contributed by atoms with E-state index in [1.165, 1.54) is 17.1 Å². The summed E-state index contributed by atoms with van der Waals surface area (Å²) in [6, 6.07) is 0. The molecule has 1 heterocycles. The average Bonchev–Trinajstić information content (AvgIpc) is 3.29. The van der Waals surface area contributed by atoms with Crippen LogP contribution >= 0.6 is 11.8 Å². The zero-order valence-corrected chi connectivity index (χ0v) is 14.0. The van der Waals surface area contributed by atoms with Gasteiger partial charge in [-0.15, -0.1) is 0 Å². The molecule has 0 bridgehead atoms. The molecule has 0 spiro atoms. The van der Waals surface area contributed by atoms with E-state index in [4.69, 9.17) is 4.74 Å². The summed E-state index contributed by atoms with van der Waals surface area (Å²) in [6.45, 7) is 3.61.